The zero-order chi connectivity index (χ0) is 22.7. The van der Waals surface area contributed by atoms with Crippen LogP contribution < -0.4 is 0 Å². The van der Waals surface area contributed by atoms with Gasteiger partial charge in [-0.15, -0.1) is 0 Å². The number of halogens is 1. The maximum Gasteiger partial charge on any atom is 0.254 e. The number of rotatable bonds is 6. The third-order valence-electron chi connectivity index (χ3n) is 6.60. The predicted molar refractivity (Wildman–Crippen MR) is 123 cm³/mol. The summed E-state index contributed by atoms with van der Waals surface area (Å²) in [5.41, 5.74) is 2.81. The number of carbonyl (C=O) groups excluding carboxylic acids is 1. The second-order valence-electron chi connectivity index (χ2n) is 8.77. The van der Waals surface area contributed by atoms with Gasteiger partial charge in [0.05, 0.1) is 0 Å². The monoisotopic (exact) mass is 458 g/mol. The Morgan fingerprint density at radius 1 is 1.09 bits per heavy atom. The first-order valence-corrected chi connectivity index (χ1v) is 13.0. The molecule has 1 saturated heterocycles. The van der Waals surface area contributed by atoms with E-state index in [1.807, 2.05) is 24.0 Å². The van der Waals surface area contributed by atoms with E-state index in [1.165, 1.54) is 27.6 Å². The van der Waals surface area contributed by atoms with E-state index in [9.17, 15) is 17.6 Å². The maximum absolute atomic E-state index is 14.6. The molecule has 2 aromatic carbocycles. The minimum Gasteiger partial charge on any atom is -0.335 e. The lowest BCUT2D eigenvalue weighted by atomic mass is 9.87. The molecule has 0 spiro atoms. The van der Waals surface area contributed by atoms with Gasteiger partial charge in [0.25, 0.3) is 5.91 Å². The zero-order valence-electron chi connectivity index (χ0n) is 18.6. The first-order chi connectivity index (χ1) is 15.4. The number of hydrogen-bond donors (Lipinski definition) is 0. The fourth-order valence-corrected chi connectivity index (χ4v) is 6.49. The van der Waals surface area contributed by atoms with Gasteiger partial charge >= 0.3 is 0 Å². The minimum absolute atomic E-state index is 0.0459. The molecule has 1 aliphatic heterocycles. The van der Waals surface area contributed by atoms with Gasteiger partial charge in [0, 0.05) is 31.2 Å². The average molecular weight is 459 g/mol. The summed E-state index contributed by atoms with van der Waals surface area (Å²) in [6.07, 6.45) is 5.87. The molecule has 172 valence electrons. The summed E-state index contributed by atoms with van der Waals surface area (Å²) >= 11 is 0. The highest BCUT2D eigenvalue weighted by atomic mass is 32.2. The Balaban J connectivity index is 1.62. The van der Waals surface area contributed by atoms with E-state index < -0.39 is 20.7 Å². The van der Waals surface area contributed by atoms with Crippen molar-refractivity contribution in [2.75, 3.05) is 19.6 Å². The van der Waals surface area contributed by atoms with Crippen LogP contribution in [0.15, 0.2) is 47.4 Å². The van der Waals surface area contributed by atoms with Gasteiger partial charge in [-0.3, -0.25) is 4.79 Å². The van der Waals surface area contributed by atoms with Crippen LogP contribution >= 0.6 is 0 Å². The molecule has 0 saturated carbocycles. The predicted octanol–water partition coefficient (Wildman–Crippen LogP) is 4.41. The summed E-state index contributed by atoms with van der Waals surface area (Å²) in [5, 5.41) is 0. The van der Waals surface area contributed by atoms with Crippen LogP contribution in [0.3, 0.4) is 0 Å². The first kappa shape index (κ1) is 22.9. The van der Waals surface area contributed by atoms with Gasteiger partial charge in [0.1, 0.15) is 10.7 Å². The molecule has 4 rings (SSSR count). The number of hydrogen-bond acceptors (Lipinski definition) is 3. The quantitative estimate of drug-likeness (QED) is 0.644. The first-order valence-electron chi connectivity index (χ1n) is 11.6. The Morgan fingerprint density at radius 2 is 1.81 bits per heavy atom. The van der Waals surface area contributed by atoms with E-state index in [2.05, 4.69) is 12.1 Å². The average Bonchev–Trinajstić information content (AvgIpc) is 2.82. The van der Waals surface area contributed by atoms with E-state index in [1.54, 1.807) is 0 Å². The molecule has 0 bridgehead atoms. The number of nitrogens with zero attached hydrogens (tertiary/aromatic N) is 2. The molecular formula is C25H31FN2O3S. The van der Waals surface area contributed by atoms with Crippen molar-refractivity contribution in [1.29, 1.82) is 0 Å². The Morgan fingerprint density at radius 3 is 2.53 bits per heavy atom. The van der Waals surface area contributed by atoms with Crippen molar-refractivity contribution >= 4 is 15.9 Å². The van der Waals surface area contributed by atoms with Gasteiger partial charge in [-0.1, -0.05) is 37.6 Å². The molecule has 0 radical (unpaired) electrons. The number of piperidine rings is 1. The molecule has 32 heavy (non-hydrogen) atoms. The summed E-state index contributed by atoms with van der Waals surface area (Å²) in [6.45, 7) is 3.39. The third-order valence-corrected chi connectivity index (χ3v) is 8.51. The lowest BCUT2D eigenvalue weighted by Crippen LogP contribution is -2.44. The lowest BCUT2D eigenvalue weighted by molar-refractivity contribution is 0.0661. The molecule has 1 fully saturated rings. The minimum atomic E-state index is -3.96. The van der Waals surface area contributed by atoms with E-state index in [0.29, 0.717) is 19.6 Å². The standard InChI is InChI=1S/C25H31FN2O3S/c1-2-14-28(22-12-10-19-8-4-5-9-20(19)17-22)25(29)21-11-13-23(26)24(18-21)32(30,31)27-15-6-3-7-16-27/h4-5,8-9,11,13,18,22H,2-3,6-7,10,12,14-17H2,1H3. The lowest BCUT2D eigenvalue weighted by Gasteiger charge is -2.35. The molecular weight excluding hydrogens is 427 g/mol. The summed E-state index contributed by atoms with van der Waals surface area (Å²) in [7, 11) is -3.96. The fraction of sp³-hybridized carbons (Fsp3) is 0.480. The van der Waals surface area contributed by atoms with Crippen molar-refractivity contribution in [3.05, 3.63) is 65.0 Å². The number of fused-ring (bicyclic) bond motifs is 1. The summed E-state index contributed by atoms with van der Waals surface area (Å²) in [5.74, 6) is -1.04. The molecule has 1 amide bonds. The number of amides is 1. The van der Waals surface area contributed by atoms with E-state index in [4.69, 9.17) is 0 Å². The molecule has 1 aliphatic carbocycles. The number of aryl methyl sites for hydroxylation is 1. The van der Waals surface area contributed by atoms with Crippen molar-refractivity contribution in [1.82, 2.24) is 9.21 Å². The molecule has 2 aliphatic rings. The van der Waals surface area contributed by atoms with E-state index in [-0.39, 0.29) is 17.5 Å². The van der Waals surface area contributed by atoms with Crippen LogP contribution in [0, 0.1) is 5.82 Å². The van der Waals surface area contributed by atoms with Gasteiger partial charge in [0.15, 0.2) is 0 Å². The van der Waals surface area contributed by atoms with Crippen molar-refractivity contribution in [2.45, 2.75) is 62.8 Å². The molecule has 2 aromatic rings. The summed E-state index contributed by atoms with van der Waals surface area (Å²) in [4.78, 5) is 15.0. The number of benzene rings is 2. The van der Waals surface area contributed by atoms with Gasteiger partial charge in [0.2, 0.25) is 10.0 Å². The van der Waals surface area contributed by atoms with Gasteiger partial charge in [-0.25, -0.2) is 12.8 Å². The third kappa shape index (κ3) is 4.59. The normalized spacial score (nSPS) is 19.4. The van der Waals surface area contributed by atoms with Gasteiger partial charge in [-0.2, -0.15) is 4.31 Å². The number of sulfonamides is 1. The van der Waals surface area contributed by atoms with Crippen LogP contribution in [-0.2, 0) is 22.9 Å². The molecule has 7 heteroatoms. The van der Waals surface area contributed by atoms with Crippen molar-refractivity contribution in [3.63, 3.8) is 0 Å². The van der Waals surface area contributed by atoms with E-state index >= 15 is 0 Å². The van der Waals surface area contributed by atoms with Crippen LogP contribution in [0.1, 0.15) is 60.5 Å². The summed E-state index contributed by atoms with van der Waals surface area (Å²) in [6, 6.07) is 12.1. The SMILES string of the molecule is CCCN(C(=O)c1ccc(F)c(S(=O)(=O)N2CCCCC2)c1)C1CCc2ccccc2C1. The Labute approximate surface area is 190 Å². The molecule has 1 heterocycles. The fourth-order valence-electron chi connectivity index (χ4n) is 4.88. The van der Waals surface area contributed by atoms with Crippen LogP contribution in [0.25, 0.3) is 0 Å². The maximum atomic E-state index is 14.6. The second kappa shape index (κ2) is 9.71. The molecule has 0 N–H and O–H groups in total. The Bertz CT molecular complexity index is 1080. The highest BCUT2D eigenvalue weighted by Crippen LogP contribution is 2.28. The van der Waals surface area contributed by atoms with Crippen LogP contribution in [-0.4, -0.2) is 49.2 Å². The molecule has 1 unspecified atom stereocenters. The van der Waals surface area contributed by atoms with Crippen LogP contribution in [0.5, 0.6) is 0 Å². The number of carbonyl (C=O) groups is 1. The van der Waals surface area contributed by atoms with Crippen molar-refractivity contribution in [3.8, 4) is 0 Å². The van der Waals surface area contributed by atoms with Gasteiger partial charge in [-0.05, 0) is 67.9 Å². The highest BCUT2D eigenvalue weighted by Gasteiger charge is 2.32. The van der Waals surface area contributed by atoms with Crippen molar-refractivity contribution < 1.29 is 17.6 Å². The largest absolute Gasteiger partial charge is 0.335 e. The van der Waals surface area contributed by atoms with Crippen molar-refractivity contribution in [2.24, 2.45) is 0 Å². The smallest absolute Gasteiger partial charge is 0.254 e. The zero-order valence-corrected chi connectivity index (χ0v) is 19.4. The van der Waals surface area contributed by atoms with E-state index in [0.717, 1.165) is 51.0 Å². The van der Waals surface area contributed by atoms with Crippen LogP contribution in [0.2, 0.25) is 0 Å². The second-order valence-corrected chi connectivity index (χ2v) is 10.7. The Hall–Kier alpha value is -2.25. The molecule has 5 nitrogen and oxygen atoms in total. The summed E-state index contributed by atoms with van der Waals surface area (Å²) < 4.78 is 42.1. The molecule has 1 atom stereocenters. The topological polar surface area (TPSA) is 57.7 Å². The molecule has 0 aromatic heterocycles. The Kier molecular flexibility index (Phi) is 6.96. The highest BCUT2D eigenvalue weighted by molar-refractivity contribution is 7.89. The van der Waals surface area contributed by atoms with Crippen LogP contribution in [0.4, 0.5) is 4.39 Å². The van der Waals surface area contributed by atoms with Gasteiger partial charge < -0.3 is 4.90 Å².